The lowest BCUT2D eigenvalue weighted by atomic mass is 9.98. The summed E-state index contributed by atoms with van der Waals surface area (Å²) in [6.07, 6.45) is 7.53. The van der Waals surface area contributed by atoms with Gasteiger partial charge in [-0.3, -0.25) is 0 Å². The maximum Gasteiger partial charge on any atom is 0.183 e. The Kier molecular flexibility index (Phi) is 2.45. The second-order valence-corrected chi connectivity index (χ2v) is 4.86. The third-order valence-corrected chi connectivity index (χ3v) is 3.80. The molecular formula is C12H15N5. The first-order chi connectivity index (χ1) is 8.29. The SMILES string of the molecule is N#Cc1nccnc1N1C2CCC1CC(N)C2. The molecule has 0 amide bonds. The topological polar surface area (TPSA) is 78.8 Å². The normalized spacial score (nSPS) is 31.3. The molecule has 2 aliphatic heterocycles. The van der Waals surface area contributed by atoms with Crippen molar-refractivity contribution >= 4 is 5.82 Å². The molecule has 0 spiro atoms. The number of nitriles is 1. The van der Waals surface area contributed by atoms with Gasteiger partial charge in [-0.1, -0.05) is 0 Å². The maximum atomic E-state index is 9.09. The standard InChI is InChI=1S/C12H15N5/c13-7-11-12(16-4-3-15-11)17-9-1-2-10(17)6-8(14)5-9/h3-4,8-10H,1-2,5-6,14H2. The maximum absolute atomic E-state index is 9.09. The molecular weight excluding hydrogens is 214 g/mol. The fourth-order valence-electron chi connectivity index (χ4n) is 3.16. The largest absolute Gasteiger partial charge is 0.348 e. The lowest BCUT2D eigenvalue weighted by Crippen LogP contribution is -2.48. The lowest BCUT2D eigenvalue weighted by molar-refractivity contribution is 0.411. The van der Waals surface area contributed by atoms with Gasteiger partial charge in [-0.15, -0.1) is 0 Å². The summed E-state index contributed by atoms with van der Waals surface area (Å²) in [5.74, 6) is 0.745. The molecule has 2 aliphatic rings. The van der Waals surface area contributed by atoms with E-state index in [9.17, 15) is 0 Å². The predicted octanol–water partition coefficient (Wildman–Crippen LogP) is 0.807. The van der Waals surface area contributed by atoms with E-state index in [1.807, 2.05) is 0 Å². The van der Waals surface area contributed by atoms with Crippen LogP contribution < -0.4 is 10.6 Å². The van der Waals surface area contributed by atoms with Crippen LogP contribution in [-0.2, 0) is 0 Å². The highest BCUT2D eigenvalue weighted by Crippen LogP contribution is 2.38. The molecule has 3 rings (SSSR count). The van der Waals surface area contributed by atoms with Crippen molar-refractivity contribution in [1.82, 2.24) is 9.97 Å². The quantitative estimate of drug-likeness (QED) is 0.770. The van der Waals surface area contributed by atoms with Crippen LogP contribution in [0.25, 0.3) is 0 Å². The molecule has 2 fully saturated rings. The highest BCUT2D eigenvalue weighted by atomic mass is 15.3. The molecule has 1 aromatic heterocycles. The van der Waals surface area contributed by atoms with E-state index in [2.05, 4.69) is 20.9 Å². The van der Waals surface area contributed by atoms with Gasteiger partial charge in [0.25, 0.3) is 0 Å². The molecule has 3 heterocycles. The first-order valence-electron chi connectivity index (χ1n) is 6.04. The zero-order valence-electron chi connectivity index (χ0n) is 9.58. The number of hydrogen-bond donors (Lipinski definition) is 1. The zero-order valence-corrected chi connectivity index (χ0v) is 9.58. The van der Waals surface area contributed by atoms with Crippen LogP contribution in [0.1, 0.15) is 31.4 Å². The molecule has 0 aliphatic carbocycles. The van der Waals surface area contributed by atoms with Crippen molar-refractivity contribution in [3.05, 3.63) is 18.1 Å². The molecule has 2 saturated heterocycles. The van der Waals surface area contributed by atoms with Crippen molar-refractivity contribution in [3.63, 3.8) is 0 Å². The third-order valence-electron chi connectivity index (χ3n) is 3.80. The van der Waals surface area contributed by atoms with Crippen LogP contribution in [0, 0.1) is 11.3 Å². The number of nitrogens with two attached hydrogens (primary N) is 1. The molecule has 0 aromatic carbocycles. The Balaban J connectivity index is 1.98. The highest BCUT2D eigenvalue weighted by molar-refractivity contribution is 5.52. The first kappa shape index (κ1) is 10.5. The van der Waals surface area contributed by atoms with E-state index in [1.54, 1.807) is 12.4 Å². The van der Waals surface area contributed by atoms with Gasteiger partial charge in [-0.25, -0.2) is 9.97 Å². The average molecular weight is 229 g/mol. The Morgan fingerprint density at radius 1 is 1.24 bits per heavy atom. The Bertz CT molecular complexity index is 452. The van der Waals surface area contributed by atoms with Gasteiger partial charge in [0.1, 0.15) is 6.07 Å². The van der Waals surface area contributed by atoms with Crippen molar-refractivity contribution in [3.8, 4) is 6.07 Å². The first-order valence-corrected chi connectivity index (χ1v) is 6.04. The van der Waals surface area contributed by atoms with Crippen LogP contribution in [0.5, 0.6) is 0 Å². The second kappa shape index (κ2) is 3.97. The van der Waals surface area contributed by atoms with Crippen LogP contribution in [-0.4, -0.2) is 28.1 Å². The van der Waals surface area contributed by atoms with Crippen LogP contribution in [0.15, 0.2) is 12.4 Å². The van der Waals surface area contributed by atoms with Crippen molar-refractivity contribution in [1.29, 1.82) is 5.26 Å². The summed E-state index contributed by atoms with van der Waals surface area (Å²) in [4.78, 5) is 10.7. The Morgan fingerprint density at radius 2 is 1.88 bits per heavy atom. The Hall–Kier alpha value is -1.67. The van der Waals surface area contributed by atoms with E-state index in [1.165, 1.54) is 0 Å². The van der Waals surface area contributed by atoms with E-state index in [4.69, 9.17) is 11.0 Å². The molecule has 2 N–H and O–H groups in total. The number of rotatable bonds is 1. The van der Waals surface area contributed by atoms with Crippen LogP contribution in [0.4, 0.5) is 5.82 Å². The van der Waals surface area contributed by atoms with Crippen molar-refractivity contribution in [2.24, 2.45) is 5.73 Å². The minimum absolute atomic E-state index is 0.297. The number of hydrogen-bond acceptors (Lipinski definition) is 5. The Morgan fingerprint density at radius 3 is 2.53 bits per heavy atom. The van der Waals surface area contributed by atoms with Crippen LogP contribution >= 0.6 is 0 Å². The molecule has 2 atom stereocenters. The molecule has 0 radical (unpaired) electrons. The Labute approximate surface area is 100 Å². The van der Waals surface area contributed by atoms with Gasteiger partial charge in [0.05, 0.1) is 0 Å². The van der Waals surface area contributed by atoms with E-state index in [-0.39, 0.29) is 0 Å². The summed E-state index contributed by atoms with van der Waals surface area (Å²) < 4.78 is 0. The zero-order chi connectivity index (χ0) is 11.8. The summed E-state index contributed by atoms with van der Waals surface area (Å²) >= 11 is 0. The summed E-state index contributed by atoms with van der Waals surface area (Å²) in [5, 5.41) is 9.09. The third kappa shape index (κ3) is 1.65. The van der Waals surface area contributed by atoms with E-state index in [0.717, 1.165) is 31.5 Å². The van der Waals surface area contributed by atoms with E-state index < -0.39 is 0 Å². The van der Waals surface area contributed by atoms with Crippen LogP contribution in [0.3, 0.4) is 0 Å². The molecule has 0 saturated carbocycles. The van der Waals surface area contributed by atoms with Crippen LogP contribution in [0.2, 0.25) is 0 Å². The summed E-state index contributed by atoms with van der Waals surface area (Å²) in [6, 6.07) is 3.30. The molecule has 2 bridgehead atoms. The lowest BCUT2D eigenvalue weighted by Gasteiger charge is -2.38. The van der Waals surface area contributed by atoms with Gasteiger partial charge in [-0.2, -0.15) is 5.26 Å². The monoisotopic (exact) mass is 229 g/mol. The fourth-order valence-corrected chi connectivity index (χ4v) is 3.16. The molecule has 17 heavy (non-hydrogen) atoms. The predicted molar refractivity (Wildman–Crippen MR) is 63.2 cm³/mol. The minimum Gasteiger partial charge on any atom is -0.348 e. The summed E-state index contributed by atoms with van der Waals surface area (Å²) in [6.45, 7) is 0. The molecule has 2 unspecified atom stereocenters. The van der Waals surface area contributed by atoms with Crippen molar-refractivity contribution < 1.29 is 0 Å². The molecule has 1 aromatic rings. The smallest absolute Gasteiger partial charge is 0.183 e. The van der Waals surface area contributed by atoms with Crippen molar-refractivity contribution in [2.45, 2.75) is 43.8 Å². The van der Waals surface area contributed by atoms with Gasteiger partial charge in [-0.05, 0) is 25.7 Å². The van der Waals surface area contributed by atoms with Gasteiger partial charge in [0.2, 0.25) is 0 Å². The number of fused-ring (bicyclic) bond motifs is 2. The second-order valence-electron chi connectivity index (χ2n) is 4.86. The van der Waals surface area contributed by atoms with E-state index >= 15 is 0 Å². The van der Waals surface area contributed by atoms with Gasteiger partial charge in [0, 0.05) is 30.5 Å². The summed E-state index contributed by atoms with van der Waals surface area (Å²) in [7, 11) is 0. The van der Waals surface area contributed by atoms with E-state index in [0.29, 0.717) is 23.8 Å². The number of nitrogens with zero attached hydrogens (tertiary/aromatic N) is 4. The van der Waals surface area contributed by atoms with Gasteiger partial charge < -0.3 is 10.6 Å². The molecule has 88 valence electrons. The van der Waals surface area contributed by atoms with Gasteiger partial charge in [0.15, 0.2) is 11.5 Å². The number of piperidine rings is 1. The fraction of sp³-hybridized carbons (Fsp3) is 0.583. The minimum atomic E-state index is 0.297. The number of aromatic nitrogens is 2. The summed E-state index contributed by atoms with van der Waals surface area (Å²) in [5.41, 5.74) is 6.47. The van der Waals surface area contributed by atoms with Crippen molar-refractivity contribution in [2.75, 3.05) is 4.90 Å². The molecule has 5 heteroatoms. The number of anilines is 1. The van der Waals surface area contributed by atoms with Gasteiger partial charge >= 0.3 is 0 Å². The average Bonchev–Trinajstić information content (AvgIpc) is 2.61. The highest BCUT2D eigenvalue weighted by Gasteiger charge is 2.41. The molecule has 5 nitrogen and oxygen atoms in total.